The van der Waals surface area contributed by atoms with Crippen LogP contribution in [0.2, 0.25) is 5.15 Å². The van der Waals surface area contributed by atoms with E-state index in [1.807, 2.05) is 0 Å². The molecule has 6 nitrogen and oxygen atoms in total. The first-order valence-corrected chi connectivity index (χ1v) is 9.46. The number of rotatable bonds is 5. The summed E-state index contributed by atoms with van der Waals surface area (Å²) in [7, 11) is 1.56. The van der Waals surface area contributed by atoms with Gasteiger partial charge in [-0.3, -0.25) is 0 Å². The Labute approximate surface area is 177 Å². The molecule has 1 aliphatic rings. The number of esters is 1. The fourth-order valence-corrected chi connectivity index (χ4v) is 3.31. The minimum absolute atomic E-state index is 0.124. The Bertz CT molecular complexity index is 1180. The van der Waals surface area contributed by atoms with E-state index in [9.17, 15) is 9.18 Å². The van der Waals surface area contributed by atoms with Gasteiger partial charge in [0.05, 0.1) is 19.3 Å². The number of carbonyl (C=O) groups excluding carboxylic acids is 1. The minimum Gasteiger partial charge on any atom is -0.497 e. The van der Waals surface area contributed by atoms with E-state index in [-0.39, 0.29) is 17.4 Å². The predicted molar refractivity (Wildman–Crippen MR) is 111 cm³/mol. The summed E-state index contributed by atoms with van der Waals surface area (Å²) >= 11 is 6.49. The molecule has 8 heteroatoms. The molecule has 0 atom stereocenters. The molecule has 0 spiro atoms. The van der Waals surface area contributed by atoms with Gasteiger partial charge < -0.3 is 9.47 Å². The molecular weight excluding hydrogens is 409 g/mol. The Morgan fingerprint density at radius 2 is 2.00 bits per heavy atom. The number of aryl methyl sites for hydroxylation is 1. The minimum atomic E-state index is -0.574. The van der Waals surface area contributed by atoms with E-state index < -0.39 is 5.97 Å². The van der Waals surface area contributed by atoms with Crippen LogP contribution in [-0.4, -0.2) is 28.8 Å². The number of carbonyl (C=O) groups is 1. The molecule has 152 valence electrons. The van der Waals surface area contributed by atoms with Gasteiger partial charge in [0.2, 0.25) is 5.90 Å². The second-order valence-corrected chi connectivity index (χ2v) is 7.00. The first kappa shape index (κ1) is 19.8. The topological polar surface area (TPSA) is 65.7 Å². The van der Waals surface area contributed by atoms with E-state index in [1.54, 1.807) is 61.2 Å². The van der Waals surface area contributed by atoms with Gasteiger partial charge in [-0.25, -0.2) is 18.9 Å². The van der Waals surface area contributed by atoms with Gasteiger partial charge in [-0.2, -0.15) is 5.10 Å². The quantitative estimate of drug-likeness (QED) is 0.449. The van der Waals surface area contributed by atoms with E-state index in [2.05, 4.69) is 10.1 Å². The smallest absolute Gasteiger partial charge is 0.363 e. The maximum absolute atomic E-state index is 13.1. The number of halogens is 2. The lowest BCUT2D eigenvalue weighted by molar-refractivity contribution is -0.129. The van der Waals surface area contributed by atoms with Gasteiger partial charge in [0.1, 0.15) is 16.7 Å². The molecule has 2 heterocycles. The highest BCUT2D eigenvalue weighted by Gasteiger charge is 2.26. The van der Waals surface area contributed by atoms with Crippen LogP contribution in [0.25, 0.3) is 6.08 Å². The molecule has 0 aliphatic carbocycles. The van der Waals surface area contributed by atoms with E-state index in [4.69, 9.17) is 21.1 Å². The van der Waals surface area contributed by atoms with Crippen LogP contribution < -0.4 is 4.74 Å². The van der Waals surface area contributed by atoms with Crippen LogP contribution in [0.15, 0.2) is 59.2 Å². The molecule has 3 aromatic rings. The number of aromatic nitrogens is 2. The molecule has 1 aromatic heterocycles. The molecule has 0 bridgehead atoms. The number of nitrogens with zero attached hydrogens (tertiary/aromatic N) is 3. The van der Waals surface area contributed by atoms with Crippen molar-refractivity contribution >= 4 is 29.5 Å². The zero-order chi connectivity index (χ0) is 21.3. The first-order valence-electron chi connectivity index (χ1n) is 9.09. The van der Waals surface area contributed by atoms with Crippen molar-refractivity contribution in [2.75, 3.05) is 7.11 Å². The Morgan fingerprint density at radius 1 is 1.23 bits per heavy atom. The fraction of sp³-hybridized carbons (Fsp3) is 0.136. The van der Waals surface area contributed by atoms with Crippen molar-refractivity contribution < 1.29 is 18.7 Å². The van der Waals surface area contributed by atoms with Crippen molar-refractivity contribution in [1.29, 1.82) is 0 Å². The average molecular weight is 426 g/mol. The van der Waals surface area contributed by atoms with Gasteiger partial charge in [0, 0.05) is 11.1 Å². The summed E-state index contributed by atoms with van der Waals surface area (Å²) in [6, 6.07) is 13.2. The van der Waals surface area contributed by atoms with Crippen LogP contribution in [0, 0.1) is 12.7 Å². The average Bonchev–Trinajstić information content (AvgIpc) is 3.24. The molecule has 0 unspecified atom stereocenters. The Morgan fingerprint density at radius 3 is 2.73 bits per heavy atom. The number of methoxy groups -OCH3 is 1. The van der Waals surface area contributed by atoms with Crippen LogP contribution in [-0.2, 0) is 16.1 Å². The number of hydrogen-bond acceptors (Lipinski definition) is 5. The van der Waals surface area contributed by atoms with Crippen LogP contribution in [0.4, 0.5) is 4.39 Å². The Kier molecular flexibility index (Phi) is 5.37. The van der Waals surface area contributed by atoms with E-state index in [1.165, 1.54) is 12.1 Å². The van der Waals surface area contributed by atoms with E-state index in [0.717, 1.165) is 5.56 Å². The van der Waals surface area contributed by atoms with E-state index >= 15 is 0 Å². The standard InChI is InChI=1S/C22H17ClFN3O3/c1-13-18(20(23)27(26-13)12-14-6-8-16(24)9-7-14)11-19-22(28)30-21(25-19)15-4-3-5-17(10-15)29-2/h3-11H,12H2,1-2H3. The summed E-state index contributed by atoms with van der Waals surface area (Å²) in [4.78, 5) is 16.6. The third-order valence-corrected chi connectivity index (χ3v) is 4.97. The molecular formula is C22H17ClFN3O3. The van der Waals surface area contributed by atoms with Gasteiger partial charge in [0.25, 0.3) is 0 Å². The normalized spacial score (nSPS) is 14.7. The molecule has 0 N–H and O–H groups in total. The summed E-state index contributed by atoms with van der Waals surface area (Å²) in [5.41, 5.74) is 2.80. The van der Waals surface area contributed by atoms with Crippen molar-refractivity contribution in [3.05, 3.63) is 87.6 Å². The maximum Gasteiger partial charge on any atom is 0.363 e. The van der Waals surface area contributed by atoms with Crippen molar-refractivity contribution in [2.45, 2.75) is 13.5 Å². The number of hydrogen-bond donors (Lipinski definition) is 0. The second kappa shape index (κ2) is 8.12. The van der Waals surface area contributed by atoms with Crippen LogP contribution in [0.3, 0.4) is 0 Å². The molecule has 0 saturated carbocycles. The largest absolute Gasteiger partial charge is 0.497 e. The molecule has 0 amide bonds. The van der Waals surface area contributed by atoms with Crippen molar-refractivity contribution in [1.82, 2.24) is 9.78 Å². The van der Waals surface area contributed by atoms with E-state index in [0.29, 0.717) is 34.3 Å². The van der Waals surface area contributed by atoms with Crippen molar-refractivity contribution in [3.63, 3.8) is 0 Å². The summed E-state index contributed by atoms with van der Waals surface area (Å²) in [6.07, 6.45) is 1.56. The SMILES string of the molecule is COc1cccc(C2=NC(=Cc3c(C)nn(Cc4ccc(F)cc4)c3Cl)C(=O)O2)c1. The summed E-state index contributed by atoms with van der Waals surface area (Å²) in [5, 5.41) is 4.77. The highest BCUT2D eigenvalue weighted by atomic mass is 35.5. The number of ether oxygens (including phenoxy) is 2. The maximum atomic E-state index is 13.1. The number of cyclic esters (lactones) is 1. The molecule has 4 rings (SSSR count). The first-order chi connectivity index (χ1) is 14.4. The predicted octanol–water partition coefficient (Wildman–Crippen LogP) is 4.39. The molecule has 0 fully saturated rings. The lowest BCUT2D eigenvalue weighted by Gasteiger charge is -2.03. The van der Waals surface area contributed by atoms with Gasteiger partial charge in [-0.1, -0.05) is 29.8 Å². The lowest BCUT2D eigenvalue weighted by Crippen LogP contribution is -2.05. The molecule has 30 heavy (non-hydrogen) atoms. The Hall–Kier alpha value is -3.45. The second-order valence-electron chi connectivity index (χ2n) is 6.64. The zero-order valence-corrected chi connectivity index (χ0v) is 17.0. The van der Waals surface area contributed by atoms with Crippen LogP contribution >= 0.6 is 11.6 Å². The zero-order valence-electron chi connectivity index (χ0n) is 16.2. The summed E-state index contributed by atoms with van der Waals surface area (Å²) < 4.78 is 25.2. The number of benzene rings is 2. The summed E-state index contributed by atoms with van der Waals surface area (Å²) in [5.74, 6) is -0.0619. The third-order valence-electron chi connectivity index (χ3n) is 4.57. The number of aliphatic imine (C=N–C) groups is 1. The molecule has 0 radical (unpaired) electrons. The van der Waals surface area contributed by atoms with Crippen molar-refractivity contribution in [2.24, 2.45) is 4.99 Å². The lowest BCUT2D eigenvalue weighted by atomic mass is 10.2. The molecule has 2 aromatic carbocycles. The van der Waals surface area contributed by atoms with Gasteiger partial charge in [0.15, 0.2) is 5.70 Å². The van der Waals surface area contributed by atoms with Crippen LogP contribution in [0.1, 0.15) is 22.4 Å². The monoisotopic (exact) mass is 425 g/mol. The van der Waals surface area contributed by atoms with Gasteiger partial charge in [-0.05, 0) is 48.9 Å². The molecule has 1 aliphatic heterocycles. The summed E-state index contributed by atoms with van der Waals surface area (Å²) in [6.45, 7) is 2.15. The fourth-order valence-electron chi connectivity index (χ4n) is 3.02. The highest BCUT2D eigenvalue weighted by molar-refractivity contribution is 6.31. The highest BCUT2D eigenvalue weighted by Crippen LogP contribution is 2.27. The van der Waals surface area contributed by atoms with Crippen molar-refractivity contribution in [3.8, 4) is 5.75 Å². The van der Waals surface area contributed by atoms with Gasteiger partial charge in [-0.15, -0.1) is 0 Å². The third kappa shape index (κ3) is 3.97. The molecule has 0 saturated heterocycles. The van der Waals surface area contributed by atoms with Crippen LogP contribution in [0.5, 0.6) is 5.75 Å². The Balaban J connectivity index is 1.64. The van der Waals surface area contributed by atoms with Gasteiger partial charge >= 0.3 is 5.97 Å².